The van der Waals surface area contributed by atoms with Gasteiger partial charge in [0.1, 0.15) is 0 Å². The molecule has 1 aromatic heterocycles. The molecule has 0 aliphatic heterocycles. The van der Waals surface area contributed by atoms with Crippen molar-refractivity contribution in [2.75, 3.05) is 0 Å². The highest BCUT2D eigenvalue weighted by Gasteiger charge is 2.21. The summed E-state index contributed by atoms with van der Waals surface area (Å²) in [6, 6.07) is 24.7. The Morgan fingerprint density at radius 2 is 1.18 bits per heavy atom. The zero-order valence-corrected chi connectivity index (χ0v) is 13.1. The van der Waals surface area contributed by atoms with Crippen LogP contribution in [0.25, 0.3) is 25.1 Å². The first kappa shape index (κ1) is 13.2. The van der Waals surface area contributed by atoms with Gasteiger partial charge in [0.25, 0.3) is 0 Å². The molecule has 1 nitrogen and oxygen atoms in total. The summed E-state index contributed by atoms with van der Waals surface area (Å²) in [6.45, 7) is 2.10. The Balaban J connectivity index is 2.25. The second-order valence-electron chi connectivity index (χ2n) is 5.44. The Kier molecular flexibility index (Phi) is 3.05. The molecule has 0 fully saturated rings. The van der Waals surface area contributed by atoms with Gasteiger partial charge in [0.15, 0.2) is 14.3 Å². The monoisotopic (exact) mass is 303 g/mol. The minimum absolute atomic E-state index is 0.141. The number of rotatable bonds is 1. The van der Waals surface area contributed by atoms with E-state index in [1.807, 2.05) is 36.4 Å². The molecule has 2 heteroatoms. The van der Waals surface area contributed by atoms with Gasteiger partial charge in [0.2, 0.25) is 5.43 Å². The molecule has 0 amide bonds. The van der Waals surface area contributed by atoms with Crippen molar-refractivity contribution in [2.24, 2.45) is 0 Å². The Hall–Kier alpha value is -2.45. The molecule has 4 aromatic rings. The van der Waals surface area contributed by atoms with Gasteiger partial charge < -0.3 is 0 Å². The highest BCUT2D eigenvalue weighted by atomic mass is 32.2. The lowest BCUT2D eigenvalue weighted by atomic mass is 10.2. The van der Waals surface area contributed by atoms with Gasteiger partial charge in [-0.15, -0.1) is 0 Å². The van der Waals surface area contributed by atoms with Gasteiger partial charge in [0, 0.05) is 10.5 Å². The van der Waals surface area contributed by atoms with Crippen LogP contribution in [0.15, 0.2) is 77.6 Å². The summed E-state index contributed by atoms with van der Waals surface area (Å²) >= 11 is 0. The molecule has 0 unspecified atom stereocenters. The van der Waals surface area contributed by atoms with Crippen molar-refractivity contribution < 1.29 is 0 Å². The number of hydrogen-bond donors (Lipinski definition) is 0. The Morgan fingerprint density at radius 3 is 1.73 bits per heavy atom. The molecule has 22 heavy (non-hydrogen) atoms. The standard InChI is InChI=1S/C20H15OS/c1-14-10-12-15(13-11-14)22-18-8-4-2-6-16(18)20(21)17-7-3-5-9-19(17)22/h2-13H,1H3/q+1. The normalized spacial score (nSPS) is 11.1. The van der Waals surface area contributed by atoms with E-state index in [1.165, 1.54) is 10.5 Å². The summed E-state index contributed by atoms with van der Waals surface area (Å²) < 4.78 is 2.27. The Bertz CT molecular complexity index is 983. The SMILES string of the molecule is Cc1ccc(-[s+]2c3ccccc3c(=O)c3ccccc32)cc1. The van der Waals surface area contributed by atoms with E-state index in [0.29, 0.717) is 0 Å². The van der Waals surface area contributed by atoms with Crippen molar-refractivity contribution in [3.05, 3.63) is 88.6 Å². The lowest BCUT2D eigenvalue weighted by molar-refractivity contribution is 1.49. The molecule has 3 aromatic carbocycles. The maximum absolute atomic E-state index is 12.7. The predicted molar refractivity (Wildman–Crippen MR) is 96.3 cm³/mol. The molecule has 0 bridgehead atoms. The molecule has 0 aliphatic carbocycles. The summed E-state index contributed by atoms with van der Waals surface area (Å²) in [4.78, 5) is 14.0. The van der Waals surface area contributed by atoms with Gasteiger partial charge in [-0.05, 0) is 43.3 Å². The van der Waals surface area contributed by atoms with Crippen LogP contribution in [0.1, 0.15) is 5.56 Å². The van der Waals surface area contributed by atoms with Gasteiger partial charge in [-0.1, -0.05) is 42.0 Å². The van der Waals surface area contributed by atoms with Crippen molar-refractivity contribution in [2.45, 2.75) is 6.92 Å². The fourth-order valence-electron chi connectivity index (χ4n) is 2.86. The lowest BCUT2D eigenvalue weighted by Gasteiger charge is -2.03. The summed E-state index contributed by atoms with van der Waals surface area (Å²) in [7, 11) is -0.208. The molecule has 0 N–H and O–H groups in total. The minimum Gasteiger partial charge on any atom is -0.288 e. The maximum atomic E-state index is 12.7. The highest BCUT2D eigenvalue weighted by Crippen LogP contribution is 2.42. The predicted octanol–water partition coefficient (Wildman–Crippen LogP) is 5.40. The molecular weight excluding hydrogens is 288 g/mol. The van der Waals surface area contributed by atoms with Gasteiger partial charge in [0.05, 0.1) is 10.8 Å². The topological polar surface area (TPSA) is 17.1 Å². The van der Waals surface area contributed by atoms with Crippen LogP contribution in [0, 0.1) is 6.92 Å². The maximum Gasteiger partial charge on any atom is 0.203 e. The first-order valence-corrected chi connectivity index (χ1v) is 8.52. The molecule has 4 rings (SSSR count). The smallest absolute Gasteiger partial charge is 0.203 e. The van der Waals surface area contributed by atoms with Crippen molar-refractivity contribution in [3.8, 4) is 4.90 Å². The largest absolute Gasteiger partial charge is 0.288 e. The highest BCUT2D eigenvalue weighted by molar-refractivity contribution is 7.49. The van der Waals surface area contributed by atoms with E-state index in [-0.39, 0.29) is 15.9 Å². The summed E-state index contributed by atoms with van der Waals surface area (Å²) in [5.41, 5.74) is 1.39. The van der Waals surface area contributed by atoms with E-state index in [1.54, 1.807) is 0 Å². The molecule has 0 spiro atoms. The van der Waals surface area contributed by atoms with Crippen LogP contribution in [0.5, 0.6) is 0 Å². The number of fused-ring (bicyclic) bond motifs is 2. The minimum atomic E-state index is -0.208. The summed E-state index contributed by atoms with van der Waals surface area (Å²) in [5.74, 6) is 0. The summed E-state index contributed by atoms with van der Waals surface area (Å²) in [6.07, 6.45) is 0. The molecule has 0 atom stereocenters. The van der Waals surface area contributed by atoms with E-state index >= 15 is 0 Å². The zero-order valence-electron chi connectivity index (χ0n) is 12.2. The quantitative estimate of drug-likeness (QED) is 0.340. The number of benzene rings is 3. The van der Waals surface area contributed by atoms with E-state index in [2.05, 4.69) is 43.3 Å². The van der Waals surface area contributed by atoms with Crippen molar-refractivity contribution >= 4 is 30.6 Å². The van der Waals surface area contributed by atoms with E-state index < -0.39 is 0 Å². The van der Waals surface area contributed by atoms with Crippen LogP contribution < -0.4 is 5.43 Å². The molecule has 0 radical (unpaired) electrons. The molecule has 1 heterocycles. The van der Waals surface area contributed by atoms with Gasteiger partial charge in [-0.3, -0.25) is 4.79 Å². The summed E-state index contributed by atoms with van der Waals surface area (Å²) in [5, 5.41) is 1.68. The van der Waals surface area contributed by atoms with Gasteiger partial charge in [-0.2, -0.15) is 0 Å². The second-order valence-corrected chi connectivity index (χ2v) is 7.40. The van der Waals surface area contributed by atoms with Crippen LogP contribution >= 0.6 is 10.5 Å². The van der Waals surface area contributed by atoms with Crippen molar-refractivity contribution in [1.82, 2.24) is 0 Å². The van der Waals surface area contributed by atoms with Gasteiger partial charge >= 0.3 is 0 Å². The number of hydrogen-bond acceptors (Lipinski definition) is 1. The van der Waals surface area contributed by atoms with E-state index in [0.717, 1.165) is 20.2 Å². The lowest BCUT2D eigenvalue weighted by Crippen LogP contribution is -2.01. The average molecular weight is 303 g/mol. The molecule has 0 saturated carbocycles. The Labute approximate surface area is 131 Å². The van der Waals surface area contributed by atoms with Crippen LogP contribution in [-0.4, -0.2) is 0 Å². The van der Waals surface area contributed by atoms with Crippen molar-refractivity contribution in [1.29, 1.82) is 0 Å². The second kappa shape index (κ2) is 5.08. The Morgan fingerprint density at radius 1 is 0.682 bits per heavy atom. The van der Waals surface area contributed by atoms with Gasteiger partial charge in [-0.25, -0.2) is 0 Å². The zero-order chi connectivity index (χ0) is 15.1. The van der Waals surface area contributed by atoms with Crippen LogP contribution in [0.3, 0.4) is 0 Å². The molecule has 0 saturated heterocycles. The first-order valence-electron chi connectivity index (χ1n) is 7.29. The average Bonchev–Trinajstić information content (AvgIpc) is 2.57. The van der Waals surface area contributed by atoms with E-state index in [9.17, 15) is 4.79 Å². The van der Waals surface area contributed by atoms with E-state index in [4.69, 9.17) is 0 Å². The molecule has 0 aliphatic rings. The van der Waals surface area contributed by atoms with Crippen LogP contribution in [-0.2, 0) is 0 Å². The molecular formula is C20H15OS+. The molecule has 106 valence electrons. The third-order valence-electron chi connectivity index (χ3n) is 3.96. The first-order chi connectivity index (χ1) is 10.8. The number of aryl methyl sites for hydroxylation is 1. The van der Waals surface area contributed by atoms with Crippen molar-refractivity contribution in [3.63, 3.8) is 0 Å². The fraction of sp³-hybridized carbons (Fsp3) is 0.0500. The third kappa shape index (κ3) is 1.96. The van der Waals surface area contributed by atoms with Crippen LogP contribution in [0.2, 0.25) is 0 Å². The third-order valence-corrected chi connectivity index (χ3v) is 6.30. The fourth-order valence-corrected chi connectivity index (χ4v) is 5.20. The van der Waals surface area contributed by atoms with Crippen LogP contribution in [0.4, 0.5) is 0 Å².